The number of para-hydroxylation sites is 1. The molecule has 3 heterocycles. The third kappa shape index (κ3) is 3.06. The number of aromatic nitrogens is 1. The van der Waals surface area contributed by atoms with E-state index in [1.807, 2.05) is 12.1 Å². The standard InChI is InChI=1S/C16H16ClN3O2S/c17-10-3-1-2-4-13(10)22-14-8-18-16(23-14)15(21)20-12-7-9-5-6-11(12)19-9/h1-4,8-9,11-12,19H,5-7H2,(H,20,21)/t9-,11+,12-/m1/s1. The summed E-state index contributed by atoms with van der Waals surface area (Å²) in [6.45, 7) is 0. The van der Waals surface area contributed by atoms with Crippen molar-refractivity contribution in [3.8, 4) is 10.8 Å². The summed E-state index contributed by atoms with van der Waals surface area (Å²) in [7, 11) is 0. The van der Waals surface area contributed by atoms with Crippen molar-refractivity contribution in [2.24, 2.45) is 0 Å². The highest BCUT2D eigenvalue weighted by Crippen LogP contribution is 2.33. The lowest BCUT2D eigenvalue weighted by molar-refractivity contribution is 0.0930. The maximum absolute atomic E-state index is 12.3. The fourth-order valence-corrected chi connectivity index (χ4v) is 4.12. The van der Waals surface area contributed by atoms with Gasteiger partial charge in [0.1, 0.15) is 5.75 Å². The largest absolute Gasteiger partial charge is 0.443 e. The number of fused-ring (bicyclic) bond motifs is 2. The van der Waals surface area contributed by atoms with Crippen molar-refractivity contribution in [1.82, 2.24) is 15.6 Å². The number of carbonyl (C=O) groups excluding carboxylic acids is 1. The fourth-order valence-electron chi connectivity index (χ4n) is 3.26. The van der Waals surface area contributed by atoms with Crippen LogP contribution in [0.5, 0.6) is 10.8 Å². The molecule has 0 aliphatic carbocycles. The lowest BCUT2D eigenvalue weighted by Crippen LogP contribution is -2.42. The Morgan fingerprint density at radius 2 is 2.26 bits per heavy atom. The van der Waals surface area contributed by atoms with Crippen LogP contribution in [0.2, 0.25) is 5.02 Å². The third-order valence-electron chi connectivity index (χ3n) is 4.34. The topological polar surface area (TPSA) is 63.2 Å². The number of halogens is 1. The summed E-state index contributed by atoms with van der Waals surface area (Å²) in [4.78, 5) is 16.5. The van der Waals surface area contributed by atoms with Gasteiger partial charge in [0.2, 0.25) is 5.06 Å². The molecule has 23 heavy (non-hydrogen) atoms. The maximum Gasteiger partial charge on any atom is 0.280 e. The average molecular weight is 350 g/mol. The van der Waals surface area contributed by atoms with Crippen LogP contribution in [0.25, 0.3) is 0 Å². The van der Waals surface area contributed by atoms with Crippen molar-refractivity contribution >= 4 is 28.8 Å². The van der Waals surface area contributed by atoms with Crippen LogP contribution >= 0.6 is 22.9 Å². The van der Waals surface area contributed by atoms with Gasteiger partial charge in [0.15, 0.2) is 5.01 Å². The monoisotopic (exact) mass is 349 g/mol. The van der Waals surface area contributed by atoms with Gasteiger partial charge in [-0.2, -0.15) is 0 Å². The van der Waals surface area contributed by atoms with Crippen molar-refractivity contribution in [2.75, 3.05) is 0 Å². The zero-order valence-corrected chi connectivity index (χ0v) is 13.9. The second-order valence-electron chi connectivity index (χ2n) is 5.88. The molecular formula is C16H16ClN3O2S. The lowest BCUT2D eigenvalue weighted by atomic mass is 9.95. The van der Waals surface area contributed by atoms with Gasteiger partial charge in [0, 0.05) is 18.1 Å². The van der Waals surface area contributed by atoms with Crippen LogP contribution in [-0.2, 0) is 0 Å². The van der Waals surface area contributed by atoms with Crippen LogP contribution in [0.4, 0.5) is 0 Å². The van der Waals surface area contributed by atoms with Gasteiger partial charge in [-0.1, -0.05) is 35.1 Å². The molecule has 2 N–H and O–H groups in total. The Morgan fingerprint density at radius 3 is 3.00 bits per heavy atom. The number of carbonyl (C=O) groups is 1. The molecule has 3 atom stereocenters. The lowest BCUT2D eigenvalue weighted by Gasteiger charge is -2.20. The smallest absolute Gasteiger partial charge is 0.280 e. The highest BCUT2D eigenvalue weighted by Gasteiger charge is 2.39. The minimum absolute atomic E-state index is 0.136. The first-order valence-corrected chi connectivity index (χ1v) is 8.83. The molecule has 2 aliphatic heterocycles. The summed E-state index contributed by atoms with van der Waals surface area (Å²) in [5.41, 5.74) is 0. The predicted octanol–water partition coefficient (Wildman–Crippen LogP) is 3.21. The second kappa shape index (κ2) is 6.11. The number of hydrogen-bond acceptors (Lipinski definition) is 5. The molecule has 7 heteroatoms. The van der Waals surface area contributed by atoms with Gasteiger partial charge in [-0.3, -0.25) is 4.79 Å². The summed E-state index contributed by atoms with van der Waals surface area (Å²) in [5, 5.41) is 8.08. The fraction of sp³-hybridized carbons (Fsp3) is 0.375. The highest BCUT2D eigenvalue weighted by molar-refractivity contribution is 7.15. The Morgan fingerprint density at radius 1 is 1.39 bits per heavy atom. The van der Waals surface area contributed by atoms with Crippen molar-refractivity contribution in [1.29, 1.82) is 0 Å². The number of thiazole rings is 1. The Kier molecular flexibility index (Phi) is 3.97. The quantitative estimate of drug-likeness (QED) is 0.889. The SMILES string of the molecule is O=C(N[C@@H]1C[C@H]2CC[C@@H]1N2)c1ncc(Oc2ccccc2Cl)s1. The zero-order valence-electron chi connectivity index (χ0n) is 12.3. The van der Waals surface area contributed by atoms with Crippen LogP contribution in [-0.4, -0.2) is 29.0 Å². The summed E-state index contributed by atoms with van der Waals surface area (Å²) >= 11 is 7.29. The van der Waals surface area contributed by atoms with Crippen LogP contribution in [0.1, 0.15) is 29.1 Å². The molecule has 2 aromatic rings. The third-order valence-corrected chi connectivity index (χ3v) is 5.53. The zero-order chi connectivity index (χ0) is 15.8. The number of rotatable bonds is 4. The summed E-state index contributed by atoms with van der Waals surface area (Å²) in [5.74, 6) is 0.422. The molecule has 2 saturated heterocycles. The minimum atomic E-state index is -0.136. The van der Waals surface area contributed by atoms with Gasteiger partial charge in [-0.05, 0) is 31.4 Å². The Hall–Kier alpha value is -1.63. The van der Waals surface area contributed by atoms with Crippen LogP contribution in [0, 0.1) is 0 Å². The van der Waals surface area contributed by atoms with E-state index >= 15 is 0 Å². The van der Waals surface area contributed by atoms with Gasteiger partial charge < -0.3 is 15.4 Å². The minimum Gasteiger partial charge on any atom is -0.443 e. The Balaban J connectivity index is 1.41. The summed E-state index contributed by atoms with van der Waals surface area (Å²) in [6.07, 6.45) is 4.91. The number of ether oxygens (including phenoxy) is 1. The Labute approximate surface area is 143 Å². The Bertz CT molecular complexity index is 736. The molecule has 2 aliphatic rings. The number of nitrogens with zero attached hydrogens (tertiary/aromatic N) is 1. The molecule has 1 amide bonds. The first-order valence-electron chi connectivity index (χ1n) is 7.64. The van der Waals surface area contributed by atoms with E-state index in [4.69, 9.17) is 16.3 Å². The van der Waals surface area contributed by atoms with E-state index in [-0.39, 0.29) is 11.9 Å². The molecule has 2 bridgehead atoms. The number of hydrogen-bond donors (Lipinski definition) is 2. The van der Waals surface area contributed by atoms with E-state index in [0.29, 0.717) is 32.9 Å². The maximum atomic E-state index is 12.3. The van der Waals surface area contributed by atoms with Crippen molar-refractivity contribution < 1.29 is 9.53 Å². The molecular weight excluding hydrogens is 334 g/mol. The first kappa shape index (κ1) is 14.9. The highest BCUT2D eigenvalue weighted by atomic mass is 35.5. The molecule has 4 rings (SSSR count). The molecule has 0 radical (unpaired) electrons. The second-order valence-corrected chi connectivity index (χ2v) is 7.28. The van der Waals surface area contributed by atoms with E-state index in [2.05, 4.69) is 15.6 Å². The van der Waals surface area contributed by atoms with Gasteiger partial charge in [-0.25, -0.2) is 4.98 Å². The molecule has 0 spiro atoms. The van der Waals surface area contributed by atoms with Gasteiger partial charge in [0.05, 0.1) is 11.2 Å². The van der Waals surface area contributed by atoms with Crippen LogP contribution in [0.15, 0.2) is 30.5 Å². The van der Waals surface area contributed by atoms with Crippen LogP contribution in [0.3, 0.4) is 0 Å². The molecule has 1 aromatic heterocycles. The number of benzene rings is 1. The van der Waals surface area contributed by atoms with Gasteiger partial charge in [-0.15, -0.1) is 0 Å². The van der Waals surface area contributed by atoms with E-state index in [0.717, 1.165) is 12.8 Å². The van der Waals surface area contributed by atoms with E-state index in [1.165, 1.54) is 17.8 Å². The first-order chi connectivity index (χ1) is 11.2. The normalized spacial score (nSPS) is 25.5. The molecule has 1 aromatic carbocycles. The van der Waals surface area contributed by atoms with Crippen molar-refractivity contribution in [2.45, 2.75) is 37.4 Å². The van der Waals surface area contributed by atoms with Crippen molar-refractivity contribution in [3.63, 3.8) is 0 Å². The molecule has 0 unspecified atom stereocenters. The van der Waals surface area contributed by atoms with Gasteiger partial charge in [0.25, 0.3) is 5.91 Å². The van der Waals surface area contributed by atoms with Crippen molar-refractivity contribution in [3.05, 3.63) is 40.5 Å². The van der Waals surface area contributed by atoms with E-state index in [9.17, 15) is 4.79 Å². The van der Waals surface area contributed by atoms with Crippen LogP contribution < -0.4 is 15.4 Å². The summed E-state index contributed by atoms with van der Waals surface area (Å²) < 4.78 is 5.69. The molecule has 2 fully saturated rings. The van der Waals surface area contributed by atoms with E-state index in [1.54, 1.807) is 18.3 Å². The van der Waals surface area contributed by atoms with E-state index < -0.39 is 0 Å². The molecule has 120 valence electrons. The predicted molar refractivity (Wildman–Crippen MR) is 89.5 cm³/mol. The number of amides is 1. The molecule has 0 saturated carbocycles. The number of nitrogens with one attached hydrogen (secondary N) is 2. The average Bonchev–Trinajstić information content (AvgIpc) is 3.26. The molecule has 5 nitrogen and oxygen atoms in total. The van der Waals surface area contributed by atoms with Gasteiger partial charge >= 0.3 is 0 Å². The summed E-state index contributed by atoms with van der Waals surface area (Å²) in [6, 6.07) is 8.39.